The highest BCUT2D eigenvalue weighted by Crippen LogP contribution is 2.12. The van der Waals surface area contributed by atoms with E-state index in [4.69, 9.17) is 9.84 Å². The summed E-state index contributed by atoms with van der Waals surface area (Å²) < 4.78 is 4.97. The summed E-state index contributed by atoms with van der Waals surface area (Å²) in [7, 11) is 0. The van der Waals surface area contributed by atoms with Crippen LogP contribution in [0.4, 0.5) is 5.69 Å². The molecule has 1 aromatic carbocycles. The second-order valence-electron chi connectivity index (χ2n) is 3.88. The van der Waals surface area contributed by atoms with Gasteiger partial charge >= 0.3 is 11.9 Å². The van der Waals surface area contributed by atoms with Crippen LogP contribution in [0.2, 0.25) is 0 Å². The van der Waals surface area contributed by atoms with Crippen molar-refractivity contribution in [1.82, 2.24) is 0 Å². The van der Waals surface area contributed by atoms with Crippen molar-refractivity contribution in [2.75, 3.05) is 11.9 Å². The second kappa shape index (κ2) is 7.73. The molecule has 0 radical (unpaired) electrons. The van der Waals surface area contributed by atoms with Gasteiger partial charge in [0.1, 0.15) is 0 Å². The Kier molecular flexibility index (Phi) is 5.96. The highest BCUT2D eigenvalue weighted by molar-refractivity contribution is 6.03. The lowest BCUT2D eigenvalue weighted by atomic mass is 10.2. The molecule has 1 rings (SSSR count). The topological polar surface area (TPSA) is 92.7 Å². The van der Waals surface area contributed by atoms with E-state index in [1.54, 1.807) is 18.2 Å². The van der Waals surface area contributed by atoms with Crippen molar-refractivity contribution >= 4 is 23.5 Å². The molecule has 0 atom stereocenters. The van der Waals surface area contributed by atoms with Crippen molar-refractivity contribution in [1.29, 1.82) is 0 Å². The lowest BCUT2D eigenvalue weighted by molar-refractivity contribution is -0.131. The molecule has 20 heavy (non-hydrogen) atoms. The summed E-state index contributed by atoms with van der Waals surface area (Å²) in [6.07, 6.45) is 2.35. The van der Waals surface area contributed by atoms with Gasteiger partial charge in [-0.3, -0.25) is 4.79 Å². The summed E-state index contributed by atoms with van der Waals surface area (Å²) in [5, 5.41) is 10.9. The SMILES string of the molecule is CCCOC(=O)c1cccc(NC(=O)/C=C\C(=O)O)c1. The maximum absolute atomic E-state index is 11.6. The first-order chi connectivity index (χ1) is 9.52. The van der Waals surface area contributed by atoms with Crippen molar-refractivity contribution < 1.29 is 24.2 Å². The molecule has 0 heterocycles. The maximum Gasteiger partial charge on any atom is 0.338 e. The fourth-order valence-electron chi connectivity index (χ4n) is 1.33. The van der Waals surface area contributed by atoms with Gasteiger partial charge in [0.2, 0.25) is 5.91 Å². The summed E-state index contributed by atoms with van der Waals surface area (Å²) in [5.41, 5.74) is 0.703. The predicted octanol–water partition coefficient (Wildman–Crippen LogP) is 1.83. The third kappa shape index (κ3) is 5.34. The summed E-state index contributed by atoms with van der Waals surface area (Å²) in [6, 6.07) is 6.22. The standard InChI is InChI=1S/C14H15NO5/c1-2-8-20-14(19)10-4-3-5-11(9-10)15-12(16)6-7-13(17)18/h3-7,9H,2,8H2,1H3,(H,15,16)(H,17,18)/b7-6-. The summed E-state index contributed by atoms with van der Waals surface area (Å²) in [4.78, 5) is 33.3. The normalized spacial score (nSPS) is 10.2. The van der Waals surface area contributed by atoms with Crippen LogP contribution in [0.1, 0.15) is 23.7 Å². The van der Waals surface area contributed by atoms with Gasteiger partial charge < -0.3 is 15.2 Å². The van der Waals surface area contributed by atoms with E-state index in [1.165, 1.54) is 6.07 Å². The molecule has 0 saturated heterocycles. The van der Waals surface area contributed by atoms with Crippen molar-refractivity contribution in [2.45, 2.75) is 13.3 Å². The zero-order valence-corrected chi connectivity index (χ0v) is 11.0. The average molecular weight is 277 g/mol. The highest BCUT2D eigenvalue weighted by atomic mass is 16.5. The molecule has 0 aromatic heterocycles. The van der Waals surface area contributed by atoms with Gasteiger partial charge in [0.15, 0.2) is 0 Å². The molecule has 0 aliphatic heterocycles. The van der Waals surface area contributed by atoms with Gasteiger partial charge in [-0.05, 0) is 24.6 Å². The van der Waals surface area contributed by atoms with Crippen molar-refractivity contribution in [3.05, 3.63) is 42.0 Å². The quantitative estimate of drug-likeness (QED) is 0.611. The summed E-state index contributed by atoms with van der Waals surface area (Å²) in [6.45, 7) is 2.22. The van der Waals surface area contributed by atoms with E-state index < -0.39 is 17.8 Å². The number of aliphatic carboxylic acids is 1. The smallest absolute Gasteiger partial charge is 0.338 e. The number of esters is 1. The number of benzene rings is 1. The lowest BCUT2D eigenvalue weighted by Crippen LogP contribution is -2.10. The molecule has 1 aromatic rings. The van der Waals surface area contributed by atoms with Crippen LogP contribution in [0.15, 0.2) is 36.4 Å². The Hall–Kier alpha value is -2.63. The van der Waals surface area contributed by atoms with Crippen LogP contribution >= 0.6 is 0 Å². The monoisotopic (exact) mass is 277 g/mol. The van der Waals surface area contributed by atoms with E-state index in [0.29, 0.717) is 17.9 Å². The molecule has 0 spiro atoms. The van der Waals surface area contributed by atoms with Gasteiger partial charge in [0.25, 0.3) is 0 Å². The fourth-order valence-corrected chi connectivity index (χ4v) is 1.33. The van der Waals surface area contributed by atoms with Gasteiger partial charge in [-0.15, -0.1) is 0 Å². The molecule has 106 valence electrons. The molecule has 0 unspecified atom stereocenters. The van der Waals surface area contributed by atoms with E-state index in [1.807, 2.05) is 6.92 Å². The van der Waals surface area contributed by atoms with Crippen LogP contribution in [0, 0.1) is 0 Å². The highest BCUT2D eigenvalue weighted by Gasteiger charge is 2.08. The Morgan fingerprint density at radius 1 is 1.30 bits per heavy atom. The first-order valence-electron chi connectivity index (χ1n) is 6.02. The van der Waals surface area contributed by atoms with E-state index in [2.05, 4.69) is 5.32 Å². The third-order valence-electron chi connectivity index (χ3n) is 2.18. The average Bonchev–Trinajstić information content (AvgIpc) is 2.42. The Labute approximate surface area is 116 Å². The van der Waals surface area contributed by atoms with Gasteiger partial charge in [-0.25, -0.2) is 9.59 Å². The van der Waals surface area contributed by atoms with Gasteiger partial charge in [0, 0.05) is 17.8 Å². The van der Waals surface area contributed by atoms with E-state index in [0.717, 1.165) is 18.6 Å². The molecular formula is C14H15NO5. The molecule has 0 bridgehead atoms. The molecule has 6 nitrogen and oxygen atoms in total. The molecule has 6 heteroatoms. The van der Waals surface area contributed by atoms with Crippen molar-refractivity contribution in [2.24, 2.45) is 0 Å². The summed E-state index contributed by atoms with van der Waals surface area (Å²) in [5.74, 6) is -2.27. The number of ether oxygens (including phenoxy) is 1. The Morgan fingerprint density at radius 2 is 2.05 bits per heavy atom. The van der Waals surface area contributed by atoms with Gasteiger partial charge in [-0.1, -0.05) is 13.0 Å². The van der Waals surface area contributed by atoms with Crippen LogP contribution in [0.3, 0.4) is 0 Å². The molecule has 2 N–H and O–H groups in total. The van der Waals surface area contributed by atoms with Crippen LogP contribution < -0.4 is 5.32 Å². The van der Waals surface area contributed by atoms with Crippen LogP contribution in [0.25, 0.3) is 0 Å². The van der Waals surface area contributed by atoms with E-state index in [-0.39, 0.29) is 0 Å². The first kappa shape index (κ1) is 15.4. The lowest BCUT2D eigenvalue weighted by Gasteiger charge is -2.06. The molecule has 1 amide bonds. The fraction of sp³-hybridized carbons (Fsp3) is 0.214. The van der Waals surface area contributed by atoms with E-state index >= 15 is 0 Å². The number of carboxylic acids is 1. The number of carbonyl (C=O) groups is 3. The number of rotatable bonds is 6. The van der Waals surface area contributed by atoms with Crippen LogP contribution in [-0.2, 0) is 14.3 Å². The number of carbonyl (C=O) groups excluding carboxylic acids is 2. The van der Waals surface area contributed by atoms with E-state index in [9.17, 15) is 14.4 Å². The molecule has 0 aliphatic carbocycles. The Bertz CT molecular complexity index is 536. The van der Waals surface area contributed by atoms with Crippen molar-refractivity contribution in [3.8, 4) is 0 Å². The zero-order valence-electron chi connectivity index (χ0n) is 11.0. The number of carboxylic acid groups (broad SMARTS) is 1. The number of nitrogens with one attached hydrogen (secondary N) is 1. The minimum atomic E-state index is -1.21. The molecule has 0 saturated carbocycles. The van der Waals surface area contributed by atoms with Crippen molar-refractivity contribution in [3.63, 3.8) is 0 Å². The minimum absolute atomic E-state index is 0.318. The van der Waals surface area contributed by atoms with Crippen LogP contribution in [0.5, 0.6) is 0 Å². The third-order valence-corrected chi connectivity index (χ3v) is 2.18. The molecular weight excluding hydrogens is 262 g/mol. The number of amides is 1. The molecule has 0 aliphatic rings. The Balaban J connectivity index is 2.70. The zero-order chi connectivity index (χ0) is 15.0. The minimum Gasteiger partial charge on any atom is -0.478 e. The number of hydrogen-bond acceptors (Lipinski definition) is 4. The Morgan fingerprint density at radius 3 is 2.70 bits per heavy atom. The second-order valence-corrected chi connectivity index (χ2v) is 3.88. The molecule has 0 fully saturated rings. The van der Waals surface area contributed by atoms with Crippen LogP contribution in [-0.4, -0.2) is 29.6 Å². The van der Waals surface area contributed by atoms with Gasteiger partial charge in [-0.2, -0.15) is 0 Å². The predicted molar refractivity (Wildman–Crippen MR) is 72.4 cm³/mol. The summed E-state index contributed by atoms with van der Waals surface area (Å²) >= 11 is 0. The van der Waals surface area contributed by atoms with Gasteiger partial charge in [0.05, 0.1) is 12.2 Å². The maximum atomic E-state index is 11.6. The largest absolute Gasteiger partial charge is 0.478 e. The first-order valence-corrected chi connectivity index (χ1v) is 6.02. The number of hydrogen-bond donors (Lipinski definition) is 2. The number of anilines is 1.